The van der Waals surface area contributed by atoms with Gasteiger partial charge in [0.2, 0.25) is 0 Å². The molecule has 22 heavy (non-hydrogen) atoms. The maximum absolute atomic E-state index is 12.1. The van der Waals surface area contributed by atoms with Crippen LogP contribution in [0.3, 0.4) is 0 Å². The Kier molecular flexibility index (Phi) is 5.97. The molecule has 6 heteroatoms. The van der Waals surface area contributed by atoms with E-state index < -0.39 is 0 Å². The van der Waals surface area contributed by atoms with E-state index in [1.807, 2.05) is 37.4 Å². The quantitative estimate of drug-likeness (QED) is 0.823. The zero-order valence-corrected chi connectivity index (χ0v) is 13.0. The SMILES string of the molecule is CCCn1cc(NC(=O)Nc2ccccc2COCC)cn1. The molecular weight excluding hydrogens is 280 g/mol. The molecule has 1 aromatic carbocycles. The molecule has 0 radical (unpaired) electrons. The number of para-hydroxylation sites is 1. The third-order valence-electron chi connectivity index (χ3n) is 3.07. The average molecular weight is 302 g/mol. The molecule has 6 nitrogen and oxygen atoms in total. The van der Waals surface area contributed by atoms with Gasteiger partial charge >= 0.3 is 6.03 Å². The summed E-state index contributed by atoms with van der Waals surface area (Å²) in [7, 11) is 0. The number of nitrogens with one attached hydrogen (secondary N) is 2. The Balaban J connectivity index is 1.96. The fourth-order valence-electron chi connectivity index (χ4n) is 2.04. The molecule has 1 aromatic heterocycles. The lowest BCUT2D eigenvalue weighted by molar-refractivity contribution is 0.134. The van der Waals surface area contributed by atoms with Gasteiger partial charge in [-0.25, -0.2) is 4.79 Å². The topological polar surface area (TPSA) is 68.2 Å². The van der Waals surface area contributed by atoms with E-state index in [1.165, 1.54) is 0 Å². The van der Waals surface area contributed by atoms with Crippen molar-refractivity contribution >= 4 is 17.4 Å². The Morgan fingerprint density at radius 2 is 2.09 bits per heavy atom. The summed E-state index contributed by atoms with van der Waals surface area (Å²) in [6, 6.07) is 7.30. The molecule has 2 N–H and O–H groups in total. The summed E-state index contributed by atoms with van der Waals surface area (Å²) >= 11 is 0. The second-order valence-electron chi connectivity index (χ2n) is 4.87. The van der Waals surface area contributed by atoms with Crippen LogP contribution in [0, 0.1) is 0 Å². The van der Waals surface area contributed by atoms with Crippen LogP contribution in [0.4, 0.5) is 16.2 Å². The minimum absolute atomic E-state index is 0.292. The molecule has 2 rings (SSSR count). The fourth-order valence-corrected chi connectivity index (χ4v) is 2.04. The van der Waals surface area contributed by atoms with E-state index in [0.717, 1.165) is 24.2 Å². The number of aryl methyl sites for hydroxylation is 1. The van der Waals surface area contributed by atoms with Crippen molar-refractivity contribution in [1.82, 2.24) is 9.78 Å². The standard InChI is InChI=1S/C16H22N4O2/c1-3-9-20-11-14(10-17-20)18-16(21)19-15-8-6-5-7-13(15)12-22-4-2/h5-8,10-11H,3-4,9,12H2,1-2H3,(H2,18,19,21). The molecule has 1 heterocycles. The van der Waals surface area contributed by atoms with Gasteiger partial charge in [-0.15, -0.1) is 0 Å². The van der Waals surface area contributed by atoms with E-state index in [4.69, 9.17) is 4.74 Å². The predicted octanol–water partition coefficient (Wildman–Crippen LogP) is 3.47. The van der Waals surface area contributed by atoms with Crippen LogP contribution < -0.4 is 10.6 Å². The fraction of sp³-hybridized carbons (Fsp3) is 0.375. The summed E-state index contributed by atoms with van der Waals surface area (Å²) in [5.74, 6) is 0. The number of rotatable bonds is 7. The van der Waals surface area contributed by atoms with Gasteiger partial charge in [-0.1, -0.05) is 25.1 Å². The first-order valence-corrected chi connectivity index (χ1v) is 7.49. The summed E-state index contributed by atoms with van der Waals surface area (Å²) in [5.41, 5.74) is 2.36. The number of benzene rings is 1. The first-order chi connectivity index (χ1) is 10.7. The van der Waals surface area contributed by atoms with Crippen LogP contribution in [0.25, 0.3) is 0 Å². The van der Waals surface area contributed by atoms with Gasteiger partial charge in [-0.2, -0.15) is 5.10 Å². The lowest BCUT2D eigenvalue weighted by Gasteiger charge is -2.11. The Morgan fingerprint density at radius 1 is 1.27 bits per heavy atom. The second kappa shape index (κ2) is 8.19. The van der Waals surface area contributed by atoms with Crippen molar-refractivity contribution in [2.45, 2.75) is 33.4 Å². The van der Waals surface area contributed by atoms with Gasteiger partial charge in [0.25, 0.3) is 0 Å². The van der Waals surface area contributed by atoms with Gasteiger partial charge in [-0.05, 0) is 19.4 Å². The van der Waals surface area contributed by atoms with Gasteiger partial charge in [0.05, 0.1) is 18.5 Å². The van der Waals surface area contributed by atoms with Crippen LogP contribution >= 0.6 is 0 Å². The van der Waals surface area contributed by atoms with E-state index >= 15 is 0 Å². The lowest BCUT2D eigenvalue weighted by Crippen LogP contribution is -2.20. The van der Waals surface area contributed by atoms with Crippen LogP contribution in [-0.4, -0.2) is 22.4 Å². The monoisotopic (exact) mass is 302 g/mol. The van der Waals surface area contributed by atoms with E-state index in [-0.39, 0.29) is 6.03 Å². The molecule has 2 aromatic rings. The largest absolute Gasteiger partial charge is 0.377 e. The molecule has 0 saturated carbocycles. The lowest BCUT2D eigenvalue weighted by atomic mass is 10.2. The maximum Gasteiger partial charge on any atom is 0.323 e. The van der Waals surface area contributed by atoms with Crippen LogP contribution in [0.2, 0.25) is 0 Å². The Hall–Kier alpha value is -2.34. The highest BCUT2D eigenvalue weighted by atomic mass is 16.5. The second-order valence-corrected chi connectivity index (χ2v) is 4.87. The van der Waals surface area contributed by atoms with E-state index in [0.29, 0.717) is 18.9 Å². The molecule has 2 amide bonds. The van der Waals surface area contributed by atoms with Gasteiger partial charge in [-0.3, -0.25) is 4.68 Å². The van der Waals surface area contributed by atoms with E-state index in [2.05, 4.69) is 22.7 Å². The van der Waals surface area contributed by atoms with Crippen LogP contribution in [0.5, 0.6) is 0 Å². The molecule has 0 spiro atoms. The minimum Gasteiger partial charge on any atom is -0.377 e. The molecule has 0 saturated heterocycles. The molecule has 118 valence electrons. The smallest absolute Gasteiger partial charge is 0.323 e. The highest BCUT2D eigenvalue weighted by Gasteiger charge is 2.08. The van der Waals surface area contributed by atoms with Crippen LogP contribution in [0.1, 0.15) is 25.8 Å². The molecule has 0 fully saturated rings. The number of anilines is 2. The molecule has 0 aliphatic rings. The summed E-state index contributed by atoms with van der Waals surface area (Å²) < 4.78 is 7.21. The Bertz CT molecular complexity index is 610. The third-order valence-corrected chi connectivity index (χ3v) is 3.07. The van der Waals surface area contributed by atoms with Gasteiger partial charge in [0.15, 0.2) is 0 Å². The van der Waals surface area contributed by atoms with Gasteiger partial charge in [0.1, 0.15) is 0 Å². The zero-order chi connectivity index (χ0) is 15.8. The summed E-state index contributed by atoms with van der Waals surface area (Å²) in [6.07, 6.45) is 4.45. The summed E-state index contributed by atoms with van der Waals surface area (Å²) in [5, 5.41) is 9.80. The molecule has 0 bridgehead atoms. The first kappa shape index (κ1) is 16.0. The maximum atomic E-state index is 12.1. The van der Waals surface area contributed by atoms with Gasteiger partial charge < -0.3 is 15.4 Å². The van der Waals surface area contributed by atoms with Crippen molar-refractivity contribution in [3.8, 4) is 0 Å². The van der Waals surface area contributed by atoms with Crippen molar-refractivity contribution in [3.05, 3.63) is 42.2 Å². The van der Waals surface area contributed by atoms with Crippen molar-refractivity contribution in [3.63, 3.8) is 0 Å². The highest BCUT2D eigenvalue weighted by molar-refractivity contribution is 6.00. The van der Waals surface area contributed by atoms with Crippen molar-refractivity contribution in [2.24, 2.45) is 0 Å². The van der Waals surface area contributed by atoms with E-state index in [1.54, 1.807) is 10.9 Å². The molecule has 0 aliphatic heterocycles. The van der Waals surface area contributed by atoms with Crippen molar-refractivity contribution in [1.29, 1.82) is 0 Å². The number of carbonyl (C=O) groups excluding carboxylic acids is 1. The van der Waals surface area contributed by atoms with Gasteiger partial charge in [0, 0.05) is 30.6 Å². The number of urea groups is 1. The number of carbonyl (C=O) groups is 1. The summed E-state index contributed by atoms with van der Waals surface area (Å²) in [4.78, 5) is 12.1. The Morgan fingerprint density at radius 3 is 2.86 bits per heavy atom. The van der Waals surface area contributed by atoms with Crippen molar-refractivity contribution in [2.75, 3.05) is 17.2 Å². The van der Waals surface area contributed by atoms with Crippen LogP contribution in [0.15, 0.2) is 36.7 Å². The minimum atomic E-state index is -0.292. The number of amides is 2. The van der Waals surface area contributed by atoms with Crippen LogP contribution in [-0.2, 0) is 17.9 Å². The zero-order valence-electron chi connectivity index (χ0n) is 13.0. The predicted molar refractivity (Wildman–Crippen MR) is 86.9 cm³/mol. The molecule has 0 unspecified atom stereocenters. The molecule has 0 atom stereocenters. The Labute approximate surface area is 130 Å². The number of hydrogen-bond donors (Lipinski definition) is 2. The normalized spacial score (nSPS) is 10.5. The van der Waals surface area contributed by atoms with E-state index in [9.17, 15) is 4.79 Å². The molecular formula is C16H22N4O2. The van der Waals surface area contributed by atoms with Crippen molar-refractivity contribution < 1.29 is 9.53 Å². The number of aromatic nitrogens is 2. The summed E-state index contributed by atoms with van der Waals surface area (Å²) in [6.45, 7) is 5.96. The highest BCUT2D eigenvalue weighted by Crippen LogP contribution is 2.16. The average Bonchev–Trinajstić information content (AvgIpc) is 2.94. The number of hydrogen-bond acceptors (Lipinski definition) is 3. The number of nitrogens with zero attached hydrogens (tertiary/aromatic N) is 2. The molecule has 0 aliphatic carbocycles. The first-order valence-electron chi connectivity index (χ1n) is 7.49. The number of ether oxygens (including phenoxy) is 1. The third kappa shape index (κ3) is 4.60.